The largest absolute Gasteiger partial charge is 0.382 e. The van der Waals surface area contributed by atoms with Crippen molar-refractivity contribution in [1.82, 2.24) is 19.9 Å². The molecule has 0 amide bonds. The molecule has 0 aliphatic carbocycles. The number of nitrogens with zero attached hydrogens (tertiary/aromatic N) is 3. The molecule has 5 heteroatoms. The first-order valence-electron chi connectivity index (χ1n) is 6.83. The van der Waals surface area contributed by atoms with E-state index < -0.39 is 0 Å². The second-order valence-electron chi connectivity index (χ2n) is 4.84. The van der Waals surface area contributed by atoms with Crippen LogP contribution in [0.15, 0.2) is 30.6 Å². The molecule has 2 aromatic heterocycles. The van der Waals surface area contributed by atoms with Gasteiger partial charge in [-0.3, -0.25) is 0 Å². The van der Waals surface area contributed by atoms with Crippen molar-refractivity contribution in [3.05, 3.63) is 36.2 Å². The molecular formula is C15H17N5. The Balaban J connectivity index is 1.92. The highest BCUT2D eigenvalue weighted by Gasteiger charge is 2.08. The number of aromatic amines is 1. The maximum atomic E-state index is 5.80. The quantitative estimate of drug-likeness (QED) is 0.761. The molecule has 20 heavy (non-hydrogen) atoms. The van der Waals surface area contributed by atoms with E-state index in [-0.39, 0.29) is 0 Å². The second kappa shape index (κ2) is 5.28. The van der Waals surface area contributed by atoms with Crippen LogP contribution < -0.4 is 5.73 Å². The minimum atomic E-state index is 0.424. The molecule has 3 rings (SSSR count). The van der Waals surface area contributed by atoms with E-state index in [9.17, 15) is 0 Å². The number of fused-ring (bicyclic) bond motifs is 1. The Morgan fingerprint density at radius 3 is 2.65 bits per heavy atom. The number of nitrogens with two attached hydrogens (primary N) is 1. The molecular weight excluding hydrogens is 250 g/mol. The molecule has 1 aromatic carbocycles. The number of nitrogen functional groups attached to an aromatic ring is 1. The number of anilines is 1. The van der Waals surface area contributed by atoms with Crippen LogP contribution in [-0.2, 0) is 6.42 Å². The Labute approximate surface area is 117 Å². The van der Waals surface area contributed by atoms with Gasteiger partial charge >= 0.3 is 0 Å². The van der Waals surface area contributed by atoms with E-state index in [1.165, 1.54) is 24.7 Å². The summed E-state index contributed by atoms with van der Waals surface area (Å²) in [6, 6.07) is 8.44. The van der Waals surface area contributed by atoms with Gasteiger partial charge in [-0.1, -0.05) is 37.6 Å². The van der Waals surface area contributed by atoms with Crippen molar-refractivity contribution in [2.75, 3.05) is 5.73 Å². The maximum Gasteiger partial charge on any atom is 0.183 e. The molecule has 0 radical (unpaired) electrons. The Morgan fingerprint density at radius 1 is 1.15 bits per heavy atom. The molecule has 0 aliphatic rings. The zero-order valence-electron chi connectivity index (χ0n) is 11.4. The van der Waals surface area contributed by atoms with Gasteiger partial charge < -0.3 is 10.7 Å². The lowest BCUT2D eigenvalue weighted by molar-refractivity contribution is 0.795. The molecule has 102 valence electrons. The molecule has 0 atom stereocenters. The molecule has 0 saturated carbocycles. The smallest absolute Gasteiger partial charge is 0.183 e. The SMILES string of the molecule is CCCCc1ccc(-c2nc3ncnc(N)c3[nH]2)cc1. The minimum Gasteiger partial charge on any atom is -0.382 e. The molecule has 0 aliphatic heterocycles. The third-order valence-corrected chi connectivity index (χ3v) is 3.36. The number of unbranched alkanes of at least 4 members (excludes halogenated alkanes) is 1. The summed E-state index contributed by atoms with van der Waals surface area (Å²) in [7, 11) is 0. The molecule has 5 nitrogen and oxygen atoms in total. The van der Waals surface area contributed by atoms with Gasteiger partial charge in [-0.15, -0.1) is 0 Å². The van der Waals surface area contributed by atoms with Crippen molar-refractivity contribution >= 4 is 17.0 Å². The first-order valence-corrected chi connectivity index (χ1v) is 6.83. The fraction of sp³-hybridized carbons (Fsp3) is 0.267. The predicted molar refractivity (Wildman–Crippen MR) is 80.1 cm³/mol. The van der Waals surface area contributed by atoms with E-state index in [1.54, 1.807) is 0 Å². The number of rotatable bonds is 4. The molecule has 0 bridgehead atoms. The third-order valence-electron chi connectivity index (χ3n) is 3.36. The van der Waals surface area contributed by atoms with Crippen molar-refractivity contribution in [3.63, 3.8) is 0 Å². The number of imidazole rings is 1. The van der Waals surface area contributed by atoms with E-state index >= 15 is 0 Å². The van der Waals surface area contributed by atoms with Crippen molar-refractivity contribution in [3.8, 4) is 11.4 Å². The Bertz CT molecular complexity index is 715. The number of hydrogen-bond donors (Lipinski definition) is 2. The summed E-state index contributed by atoms with van der Waals surface area (Å²) < 4.78 is 0. The van der Waals surface area contributed by atoms with Crippen LogP contribution in [0.1, 0.15) is 25.3 Å². The molecule has 0 fully saturated rings. The van der Waals surface area contributed by atoms with E-state index in [0.29, 0.717) is 17.0 Å². The van der Waals surface area contributed by atoms with Crippen molar-refractivity contribution in [2.24, 2.45) is 0 Å². The van der Waals surface area contributed by atoms with E-state index in [4.69, 9.17) is 5.73 Å². The highest BCUT2D eigenvalue weighted by Crippen LogP contribution is 2.22. The van der Waals surface area contributed by atoms with E-state index in [1.807, 2.05) is 0 Å². The standard InChI is InChI=1S/C15H17N5/c1-2-3-4-10-5-7-11(8-6-10)14-19-12-13(16)17-9-18-15(12)20-14/h5-9H,2-4H2,1H3,(H3,16,17,18,19,20). The number of hydrogen-bond acceptors (Lipinski definition) is 4. The first-order chi connectivity index (χ1) is 9.78. The predicted octanol–water partition coefficient (Wildman–Crippen LogP) is 2.94. The lowest BCUT2D eigenvalue weighted by atomic mass is 10.1. The van der Waals surface area contributed by atoms with Gasteiger partial charge in [0, 0.05) is 5.56 Å². The Morgan fingerprint density at radius 2 is 1.95 bits per heavy atom. The molecule has 0 unspecified atom stereocenters. The van der Waals surface area contributed by atoms with Gasteiger partial charge in [-0.25, -0.2) is 15.0 Å². The summed E-state index contributed by atoms with van der Waals surface area (Å²) in [5.74, 6) is 1.20. The van der Waals surface area contributed by atoms with Gasteiger partial charge in [0.2, 0.25) is 0 Å². The molecule has 0 saturated heterocycles. The normalized spacial score (nSPS) is 11.1. The summed E-state index contributed by atoms with van der Waals surface area (Å²) in [5.41, 5.74) is 9.48. The van der Waals surface area contributed by atoms with Crippen molar-refractivity contribution in [2.45, 2.75) is 26.2 Å². The fourth-order valence-electron chi connectivity index (χ4n) is 2.19. The van der Waals surface area contributed by atoms with Crippen LogP contribution in [0.2, 0.25) is 0 Å². The van der Waals surface area contributed by atoms with Gasteiger partial charge in [0.1, 0.15) is 17.7 Å². The van der Waals surface area contributed by atoms with Gasteiger partial charge in [0.15, 0.2) is 11.5 Å². The Kier molecular flexibility index (Phi) is 3.33. The third kappa shape index (κ3) is 2.34. The van der Waals surface area contributed by atoms with Crippen molar-refractivity contribution in [1.29, 1.82) is 0 Å². The summed E-state index contributed by atoms with van der Waals surface area (Å²) in [4.78, 5) is 15.7. The van der Waals surface area contributed by atoms with Crippen LogP contribution >= 0.6 is 0 Å². The summed E-state index contributed by atoms with van der Waals surface area (Å²) >= 11 is 0. The lowest BCUT2D eigenvalue weighted by Gasteiger charge is -2.01. The van der Waals surface area contributed by atoms with Gasteiger partial charge in [0.25, 0.3) is 0 Å². The lowest BCUT2D eigenvalue weighted by Crippen LogP contribution is -1.91. The molecule has 2 heterocycles. The number of H-pyrrole nitrogens is 1. The summed E-state index contributed by atoms with van der Waals surface area (Å²) in [5, 5.41) is 0. The Hall–Kier alpha value is -2.43. The zero-order chi connectivity index (χ0) is 13.9. The average molecular weight is 267 g/mol. The second-order valence-corrected chi connectivity index (χ2v) is 4.84. The van der Waals surface area contributed by atoms with Gasteiger partial charge in [-0.05, 0) is 18.4 Å². The monoisotopic (exact) mass is 267 g/mol. The molecule has 0 spiro atoms. The number of aryl methyl sites for hydroxylation is 1. The highest BCUT2D eigenvalue weighted by atomic mass is 15.0. The van der Waals surface area contributed by atoms with Crippen molar-refractivity contribution < 1.29 is 0 Å². The number of aromatic nitrogens is 4. The van der Waals surface area contributed by atoms with Gasteiger partial charge in [-0.2, -0.15) is 0 Å². The number of benzene rings is 1. The van der Waals surface area contributed by atoms with Crippen LogP contribution in [0, 0.1) is 0 Å². The van der Waals surface area contributed by atoms with Gasteiger partial charge in [0.05, 0.1) is 0 Å². The fourth-order valence-corrected chi connectivity index (χ4v) is 2.19. The maximum absolute atomic E-state index is 5.80. The van der Waals surface area contributed by atoms with E-state index in [0.717, 1.165) is 17.8 Å². The topological polar surface area (TPSA) is 80.5 Å². The summed E-state index contributed by atoms with van der Waals surface area (Å²) in [6.45, 7) is 2.20. The highest BCUT2D eigenvalue weighted by molar-refractivity contribution is 5.84. The average Bonchev–Trinajstić information content (AvgIpc) is 2.91. The van der Waals surface area contributed by atoms with Crippen LogP contribution in [0.3, 0.4) is 0 Å². The van der Waals surface area contributed by atoms with Crippen LogP contribution in [-0.4, -0.2) is 19.9 Å². The first kappa shape index (κ1) is 12.6. The van der Waals surface area contributed by atoms with Crippen LogP contribution in [0.25, 0.3) is 22.6 Å². The molecule has 3 N–H and O–H groups in total. The minimum absolute atomic E-state index is 0.424. The summed E-state index contributed by atoms with van der Waals surface area (Å²) in [6.07, 6.45) is 4.98. The van der Waals surface area contributed by atoms with Crippen LogP contribution in [0.5, 0.6) is 0 Å². The number of nitrogens with one attached hydrogen (secondary N) is 1. The molecule has 3 aromatic rings. The zero-order valence-corrected chi connectivity index (χ0v) is 11.4. The van der Waals surface area contributed by atoms with E-state index in [2.05, 4.69) is 51.1 Å². The van der Waals surface area contributed by atoms with Crippen LogP contribution in [0.4, 0.5) is 5.82 Å².